The zero-order valence-electron chi connectivity index (χ0n) is 9.75. The first-order valence-electron chi connectivity index (χ1n) is 5.37. The predicted octanol–water partition coefficient (Wildman–Crippen LogP) is 2.85. The topological polar surface area (TPSA) is 67.3 Å². The van der Waals surface area contributed by atoms with Crippen LogP contribution in [0.4, 0.5) is 0 Å². The molecule has 0 spiro atoms. The number of nitrogens with zero attached hydrogens (tertiary/aromatic N) is 1. The lowest BCUT2D eigenvalue weighted by Gasteiger charge is -2.04. The molecule has 4 nitrogen and oxygen atoms in total. The molecular weight excluding hydrogens is 330 g/mol. The van der Waals surface area contributed by atoms with Gasteiger partial charge in [0.1, 0.15) is 0 Å². The Hall–Kier alpha value is -1.53. The highest BCUT2D eigenvalue weighted by molar-refractivity contribution is 9.10. The molecule has 0 amide bonds. The van der Waals surface area contributed by atoms with Gasteiger partial charge in [0.15, 0.2) is 0 Å². The Labute approximate surface area is 121 Å². The third kappa shape index (κ3) is 3.71. The van der Waals surface area contributed by atoms with Crippen LogP contribution in [0.15, 0.2) is 52.1 Å². The van der Waals surface area contributed by atoms with Gasteiger partial charge in [-0.3, -0.25) is 9.19 Å². The maximum Gasteiger partial charge on any atom is 0.335 e. The van der Waals surface area contributed by atoms with Gasteiger partial charge in [0.05, 0.1) is 22.1 Å². The zero-order valence-corrected chi connectivity index (χ0v) is 12.1. The van der Waals surface area contributed by atoms with E-state index in [1.807, 2.05) is 6.07 Å². The fourth-order valence-corrected chi connectivity index (χ4v) is 3.07. The molecule has 2 rings (SSSR count). The molecule has 0 radical (unpaired) electrons. The molecule has 1 aromatic carbocycles. The number of aromatic nitrogens is 1. The van der Waals surface area contributed by atoms with Crippen molar-refractivity contribution in [3.63, 3.8) is 0 Å². The molecule has 0 aliphatic heterocycles. The molecule has 6 heteroatoms. The molecular formula is C13H10BrNO3S. The maximum absolute atomic E-state index is 12.2. The van der Waals surface area contributed by atoms with E-state index in [0.717, 1.165) is 10.0 Å². The second-order valence-electron chi connectivity index (χ2n) is 3.83. The second kappa shape index (κ2) is 6.08. The monoisotopic (exact) mass is 339 g/mol. The van der Waals surface area contributed by atoms with Crippen LogP contribution in [0.1, 0.15) is 15.9 Å². The van der Waals surface area contributed by atoms with Crippen molar-refractivity contribution in [3.8, 4) is 0 Å². The number of carboxylic acids is 1. The van der Waals surface area contributed by atoms with Crippen LogP contribution >= 0.6 is 15.9 Å². The van der Waals surface area contributed by atoms with Crippen molar-refractivity contribution in [2.45, 2.75) is 10.6 Å². The van der Waals surface area contributed by atoms with Crippen LogP contribution < -0.4 is 0 Å². The third-order valence-corrected chi connectivity index (χ3v) is 4.21. The van der Waals surface area contributed by atoms with E-state index in [1.54, 1.807) is 24.5 Å². The summed E-state index contributed by atoms with van der Waals surface area (Å²) in [6.07, 6.45) is 3.29. The first-order chi connectivity index (χ1) is 9.06. The van der Waals surface area contributed by atoms with E-state index in [2.05, 4.69) is 20.9 Å². The van der Waals surface area contributed by atoms with Gasteiger partial charge in [0, 0.05) is 21.8 Å². The van der Waals surface area contributed by atoms with Crippen molar-refractivity contribution in [1.82, 2.24) is 4.98 Å². The van der Waals surface area contributed by atoms with E-state index in [9.17, 15) is 9.00 Å². The summed E-state index contributed by atoms with van der Waals surface area (Å²) in [5.41, 5.74) is 0.964. The van der Waals surface area contributed by atoms with Gasteiger partial charge in [-0.2, -0.15) is 0 Å². The first kappa shape index (κ1) is 13.9. The van der Waals surface area contributed by atoms with Crippen molar-refractivity contribution in [2.24, 2.45) is 0 Å². The minimum absolute atomic E-state index is 0.137. The van der Waals surface area contributed by atoms with E-state index < -0.39 is 16.8 Å². The Bertz CT molecular complexity index is 645. The lowest BCUT2D eigenvalue weighted by atomic mass is 10.2. The van der Waals surface area contributed by atoms with Gasteiger partial charge >= 0.3 is 5.97 Å². The van der Waals surface area contributed by atoms with Crippen molar-refractivity contribution < 1.29 is 14.1 Å². The van der Waals surface area contributed by atoms with Gasteiger partial charge in [0.2, 0.25) is 0 Å². The molecule has 1 heterocycles. The van der Waals surface area contributed by atoms with E-state index in [4.69, 9.17) is 5.11 Å². The van der Waals surface area contributed by atoms with E-state index in [-0.39, 0.29) is 5.56 Å². The van der Waals surface area contributed by atoms with Crippen molar-refractivity contribution in [1.29, 1.82) is 0 Å². The molecule has 1 N–H and O–H groups in total. The SMILES string of the molecule is O=C(O)c1cccc(S(=O)Cc2cncc(Br)c2)c1. The van der Waals surface area contributed by atoms with Gasteiger partial charge in [-0.05, 0) is 45.8 Å². The van der Waals surface area contributed by atoms with Crippen LogP contribution in [0.2, 0.25) is 0 Å². The molecule has 0 bridgehead atoms. The molecule has 98 valence electrons. The number of rotatable bonds is 4. The fraction of sp³-hybridized carbons (Fsp3) is 0.0769. The molecule has 0 aliphatic rings. The third-order valence-electron chi connectivity index (χ3n) is 2.40. The first-order valence-corrected chi connectivity index (χ1v) is 7.48. The van der Waals surface area contributed by atoms with Gasteiger partial charge < -0.3 is 5.11 Å². The quantitative estimate of drug-likeness (QED) is 0.929. The van der Waals surface area contributed by atoms with Gasteiger partial charge in [-0.15, -0.1) is 0 Å². The summed E-state index contributed by atoms with van der Waals surface area (Å²) in [5.74, 6) is -0.724. The molecule has 19 heavy (non-hydrogen) atoms. The van der Waals surface area contributed by atoms with Gasteiger partial charge in [0.25, 0.3) is 0 Å². The number of hydrogen-bond acceptors (Lipinski definition) is 3. The zero-order chi connectivity index (χ0) is 13.8. The molecule has 1 unspecified atom stereocenters. The molecule has 1 aromatic heterocycles. The summed E-state index contributed by atoms with van der Waals surface area (Å²) in [5, 5.41) is 8.90. The normalized spacial score (nSPS) is 12.1. The van der Waals surface area contributed by atoms with Crippen LogP contribution in [0.25, 0.3) is 0 Å². The highest BCUT2D eigenvalue weighted by atomic mass is 79.9. The number of benzene rings is 1. The maximum atomic E-state index is 12.2. The summed E-state index contributed by atoms with van der Waals surface area (Å²) in [4.78, 5) is 15.4. The highest BCUT2D eigenvalue weighted by Gasteiger charge is 2.09. The molecule has 0 fully saturated rings. The van der Waals surface area contributed by atoms with E-state index >= 15 is 0 Å². The lowest BCUT2D eigenvalue weighted by Crippen LogP contribution is -2.01. The number of halogens is 1. The van der Waals surface area contributed by atoms with Crippen molar-refractivity contribution >= 4 is 32.7 Å². The van der Waals surface area contributed by atoms with E-state index in [0.29, 0.717) is 10.6 Å². The largest absolute Gasteiger partial charge is 0.478 e. The minimum atomic E-state index is -1.29. The summed E-state index contributed by atoms with van der Waals surface area (Å²) < 4.78 is 13.0. The minimum Gasteiger partial charge on any atom is -0.478 e. The second-order valence-corrected chi connectivity index (χ2v) is 6.20. The average Bonchev–Trinajstić information content (AvgIpc) is 2.39. The van der Waals surface area contributed by atoms with Crippen LogP contribution in [0.5, 0.6) is 0 Å². The summed E-state index contributed by atoms with van der Waals surface area (Å²) in [6.45, 7) is 0. The van der Waals surface area contributed by atoms with Crippen LogP contribution in [0, 0.1) is 0 Å². The van der Waals surface area contributed by atoms with Gasteiger partial charge in [-0.1, -0.05) is 6.07 Å². The van der Waals surface area contributed by atoms with Crippen molar-refractivity contribution in [2.75, 3.05) is 0 Å². The number of carboxylic acid groups (broad SMARTS) is 1. The molecule has 0 aliphatic carbocycles. The van der Waals surface area contributed by atoms with E-state index in [1.165, 1.54) is 12.1 Å². The summed E-state index contributed by atoms with van der Waals surface area (Å²) >= 11 is 3.30. The Morgan fingerprint density at radius 2 is 2.11 bits per heavy atom. The Kier molecular flexibility index (Phi) is 4.44. The summed E-state index contributed by atoms with van der Waals surface area (Å²) in [6, 6.07) is 8.00. The molecule has 2 aromatic rings. The summed E-state index contributed by atoms with van der Waals surface area (Å²) in [7, 11) is -1.29. The Balaban J connectivity index is 2.20. The molecule has 0 saturated carbocycles. The van der Waals surface area contributed by atoms with Crippen LogP contribution in [0.3, 0.4) is 0 Å². The number of aromatic carboxylic acids is 1. The standard InChI is InChI=1S/C13H10BrNO3S/c14-11-4-9(6-15-7-11)8-19(18)12-3-1-2-10(5-12)13(16)17/h1-7H,8H2,(H,16,17). The number of pyridine rings is 1. The van der Waals surface area contributed by atoms with Crippen LogP contribution in [-0.4, -0.2) is 20.3 Å². The number of carbonyl (C=O) groups is 1. The average molecular weight is 340 g/mol. The predicted molar refractivity (Wildman–Crippen MR) is 75.5 cm³/mol. The van der Waals surface area contributed by atoms with Crippen LogP contribution in [-0.2, 0) is 16.6 Å². The molecule has 1 atom stereocenters. The smallest absolute Gasteiger partial charge is 0.335 e. The molecule has 0 saturated heterocycles. The Morgan fingerprint density at radius 3 is 2.79 bits per heavy atom. The Morgan fingerprint density at radius 1 is 1.32 bits per heavy atom. The lowest BCUT2D eigenvalue weighted by molar-refractivity contribution is 0.0696. The highest BCUT2D eigenvalue weighted by Crippen LogP contribution is 2.16. The fourth-order valence-electron chi connectivity index (χ4n) is 1.54. The van der Waals surface area contributed by atoms with Gasteiger partial charge in [-0.25, -0.2) is 4.79 Å². The number of hydrogen-bond donors (Lipinski definition) is 1. The van der Waals surface area contributed by atoms with Crippen molar-refractivity contribution in [3.05, 3.63) is 58.3 Å².